The van der Waals surface area contributed by atoms with Gasteiger partial charge in [0.15, 0.2) is 6.61 Å². The normalized spacial score (nSPS) is 11.4. The van der Waals surface area contributed by atoms with Crippen molar-refractivity contribution in [2.75, 3.05) is 13.2 Å². The second kappa shape index (κ2) is 11.2. The highest BCUT2D eigenvalue weighted by molar-refractivity contribution is 6.32. The molecule has 3 aromatic rings. The van der Waals surface area contributed by atoms with E-state index in [-0.39, 0.29) is 25.0 Å². The van der Waals surface area contributed by atoms with E-state index in [1.807, 2.05) is 67.6 Å². The van der Waals surface area contributed by atoms with Crippen LogP contribution in [0.4, 0.5) is 0 Å². The molecular formula is C25H25ClN2O3. The fraction of sp³-hybridized carbons (Fsp3) is 0.200. The minimum atomic E-state index is -0.788. The number of nitrogens with one attached hydrogen (secondary N) is 1. The van der Waals surface area contributed by atoms with Gasteiger partial charge in [-0.2, -0.15) is 0 Å². The van der Waals surface area contributed by atoms with Crippen molar-refractivity contribution in [3.8, 4) is 5.75 Å². The Morgan fingerprint density at radius 2 is 1.55 bits per heavy atom. The Morgan fingerprint density at radius 3 is 2.19 bits per heavy atom. The number of hydrogen-bond donors (Lipinski definition) is 1. The monoisotopic (exact) mass is 436 g/mol. The van der Waals surface area contributed by atoms with Crippen LogP contribution >= 0.6 is 11.6 Å². The van der Waals surface area contributed by atoms with Crippen LogP contribution in [0.1, 0.15) is 24.1 Å². The second-order valence-corrected chi connectivity index (χ2v) is 7.34. The zero-order chi connectivity index (χ0) is 22.1. The van der Waals surface area contributed by atoms with E-state index >= 15 is 0 Å². The van der Waals surface area contributed by atoms with Crippen molar-refractivity contribution in [2.45, 2.75) is 19.5 Å². The maximum absolute atomic E-state index is 13.3. The topological polar surface area (TPSA) is 58.6 Å². The molecule has 3 aromatic carbocycles. The molecule has 0 fully saturated rings. The number of carbonyl (C=O) groups is 2. The largest absolute Gasteiger partial charge is 0.482 e. The number of ether oxygens (including phenoxy) is 1. The third kappa shape index (κ3) is 6.09. The van der Waals surface area contributed by atoms with Crippen LogP contribution in [-0.2, 0) is 16.1 Å². The van der Waals surface area contributed by atoms with Gasteiger partial charge in [0.25, 0.3) is 5.91 Å². The van der Waals surface area contributed by atoms with Crippen molar-refractivity contribution < 1.29 is 14.3 Å². The molecule has 0 aliphatic carbocycles. The molecule has 0 radical (unpaired) electrons. The first kappa shape index (κ1) is 22.4. The van der Waals surface area contributed by atoms with Crippen LogP contribution in [0, 0.1) is 0 Å². The SMILES string of the molecule is CCNC(=O)[C@H](c1ccccc1)N(Cc1ccccc1)C(=O)COc1ccccc1Cl. The van der Waals surface area contributed by atoms with E-state index in [2.05, 4.69) is 5.32 Å². The molecule has 0 spiro atoms. The number of halogens is 1. The third-order valence-electron chi connectivity index (χ3n) is 4.73. The first-order valence-corrected chi connectivity index (χ1v) is 10.5. The summed E-state index contributed by atoms with van der Waals surface area (Å²) in [7, 11) is 0. The Balaban J connectivity index is 1.92. The predicted molar refractivity (Wildman–Crippen MR) is 122 cm³/mol. The number of rotatable bonds is 9. The molecule has 3 rings (SSSR count). The van der Waals surface area contributed by atoms with E-state index < -0.39 is 6.04 Å². The predicted octanol–water partition coefficient (Wildman–Crippen LogP) is 4.63. The molecule has 1 N–H and O–H groups in total. The van der Waals surface area contributed by atoms with Gasteiger partial charge in [0, 0.05) is 13.1 Å². The van der Waals surface area contributed by atoms with Crippen LogP contribution in [0.15, 0.2) is 84.9 Å². The van der Waals surface area contributed by atoms with Gasteiger partial charge in [0.1, 0.15) is 11.8 Å². The number of amides is 2. The number of benzene rings is 3. The van der Waals surface area contributed by atoms with Crippen LogP contribution < -0.4 is 10.1 Å². The van der Waals surface area contributed by atoms with Crippen molar-refractivity contribution in [1.29, 1.82) is 0 Å². The van der Waals surface area contributed by atoms with Gasteiger partial charge in [-0.25, -0.2) is 0 Å². The maximum atomic E-state index is 13.3. The molecule has 0 heterocycles. The Labute approximate surface area is 187 Å². The van der Waals surface area contributed by atoms with Crippen LogP contribution in [0.3, 0.4) is 0 Å². The molecule has 160 valence electrons. The highest BCUT2D eigenvalue weighted by Crippen LogP contribution is 2.26. The number of carbonyl (C=O) groups excluding carboxylic acids is 2. The summed E-state index contributed by atoms with van der Waals surface area (Å²) in [6.45, 7) is 2.34. The van der Waals surface area contributed by atoms with Crippen molar-refractivity contribution in [2.24, 2.45) is 0 Å². The highest BCUT2D eigenvalue weighted by Gasteiger charge is 2.31. The molecule has 0 saturated heterocycles. The smallest absolute Gasteiger partial charge is 0.261 e. The molecule has 0 aromatic heterocycles. The quantitative estimate of drug-likeness (QED) is 0.532. The molecule has 2 amide bonds. The molecule has 0 aliphatic rings. The summed E-state index contributed by atoms with van der Waals surface area (Å²) in [4.78, 5) is 27.9. The second-order valence-electron chi connectivity index (χ2n) is 6.93. The first-order chi connectivity index (χ1) is 15.1. The summed E-state index contributed by atoms with van der Waals surface area (Å²) in [5.41, 5.74) is 1.65. The average molecular weight is 437 g/mol. The Hall–Kier alpha value is -3.31. The van der Waals surface area contributed by atoms with E-state index in [4.69, 9.17) is 16.3 Å². The van der Waals surface area contributed by atoms with Gasteiger partial charge >= 0.3 is 0 Å². The first-order valence-electron chi connectivity index (χ1n) is 10.1. The molecule has 31 heavy (non-hydrogen) atoms. The van der Waals surface area contributed by atoms with Gasteiger partial charge in [-0.1, -0.05) is 84.4 Å². The summed E-state index contributed by atoms with van der Waals surface area (Å²) >= 11 is 6.15. The van der Waals surface area contributed by atoms with Crippen molar-refractivity contribution in [1.82, 2.24) is 10.2 Å². The van der Waals surface area contributed by atoms with E-state index in [9.17, 15) is 9.59 Å². The summed E-state index contributed by atoms with van der Waals surface area (Å²) < 4.78 is 5.69. The Bertz CT molecular complexity index is 996. The molecule has 0 unspecified atom stereocenters. The molecule has 0 saturated carbocycles. The maximum Gasteiger partial charge on any atom is 0.261 e. The van der Waals surface area contributed by atoms with Gasteiger partial charge in [-0.3, -0.25) is 9.59 Å². The van der Waals surface area contributed by atoms with Gasteiger partial charge in [0.05, 0.1) is 5.02 Å². The summed E-state index contributed by atoms with van der Waals surface area (Å²) in [5.74, 6) is -0.133. The number of para-hydroxylation sites is 1. The molecule has 0 aliphatic heterocycles. The van der Waals surface area contributed by atoms with Crippen LogP contribution in [0.25, 0.3) is 0 Å². The van der Waals surface area contributed by atoms with E-state index in [1.54, 1.807) is 29.2 Å². The summed E-state index contributed by atoms with van der Waals surface area (Å²) in [5, 5.41) is 3.28. The average Bonchev–Trinajstić information content (AvgIpc) is 2.79. The number of hydrogen-bond acceptors (Lipinski definition) is 3. The molecular weight excluding hydrogens is 412 g/mol. The van der Waals surface area contributed by atoms with Crippen LogP contribution in [-0.4, -0.2) is 29.9 Å². The number of nitrogens with zero attached hydrogens (tertiary/aromatic N) is 1. The van der Waals surface area contributed by atoms with Crippen molar-refractivity contribution in [3.63, 3.8) is 0 Å². The fourth-order valence-electron chi connectivity index (χ4n) is 3.27. The third-order valence-corrected chi connectivity index (χ3v) is 5.04. The zero-order valence-corrected chi connectivity index (χ0v) is 18.1. The van der Waals surface area contributed by atoms with Gasteiger partial charge in [0.2, 0.25) is 5.91 Å². The standard InChI is InChI=1S/C25H25ClN2O3/c1-2-27-25(30)24(20-13-7-4-8-14-20)28(17-19-11-5-3-6-12-19)23(29)18-31-22-16-10-9-15-21(22)26/h3-16,24H,2,17-18H2,1H3,(H,27,30)/t24-/m0/s1. The molecule has 6 heteroatoms. The van der Waals surface area contributed by atoms with Gasteiger partial charge in [-0.15, -0.1) is 0 Å². The van der Waals surface area contributed by atoms with E-state index in [1.165, 1.54) is 0 Å². The van der Waals surface area contributed by atoms with Gasteiger partial charge < -0.3 is 15.0 Å². The lowest BCUT2D eigenvalue weighted by molar-refractivity contribution is -0.143. The lowest BCUT2D eigenvalue weighted by Gasteiger charge is -2.31. The Morgan fingerprint density at radius 1 is 0.935 bits per heavy atom. The Kier molecular flexibility index (Phi) is 8.07. The van der Waals surface area contributed by atoms with Crippen LogP contribution in [0.5, 0.6) is 5.75 Å². The molecule has 1 atom stereocenters. The summed E-state index contributed by atoms with van der Waals surface area (Å²) in [6, 6.07) is 25.0. The molecule has 5 nitrogen and oxygen atoms in total. The summed E-state index contributed by atoms with van der Waals surface area (Å²) in [6.07, 6.45) is 0. The minimum Gasteiger partial charge on any atom is -0.482 e. The van der Waals surface area contributed by atoms with Crippen molar-refractivity contribution in [3.05, 3.63) is 101 Å². The highest BCUT2D eigenvalue weighted by atomic mass is 35.5. The number of likely N-dealkylation sites (N-methyl/N-ethyl adjacent to an activating group) is 1. The van der Waals surface area contributed by atoms with E-state index in [0.717, 1.165) is 11.1 Å². The fourth-order valence-corrected chi connectivity index (χ4v) is 3.46. The lowest BCUT2D eigenvalue weighted by atomic mass is 10.0. The van der Waals surface area contributed by atoms with E-state index in [0.29, 0.717) is 17.3 Å². The zero-order valence-electron chi connectivity index (χ0n) is 17.3. The lowest BCUT2D eigenvalue weighted by Crippen LogP contribution is -2.45. The van der Waals surface area contributed by atoms with Gasteiger partial charge in [-0.05, 0) is 30.2 Å². The molecule has 0 bridgehead atoms. The van der Waals surface area contributed by atoms with Crippen molar-refractivity contribution >= 4 is 23.4 Å². The van der Waals surface area contributed by atoms with Crippen LogP contribution in [0.2, 0.25) is 5.02 Å². The minimum absolute atomic E-state index is 0.237.